The number of nitrogens with zero attached hydrogens (tertiary/aromatic N) is 3. The Morgan fingerprint density at radius 2 is 1.91 bits per heavy atom. The minimum absolute atomic E-state index is 0.730. The van der Waals surface area contributed by atoms with Gasteiger partial charge in [0.2, 0.25) is 0 Å². The average Bonchev–Trinajstić information content (AvgIpc) is 2.98. The molecule has 22 heavy (non-hydrogen) atoms. The minimum atomic E-state index is 0.730. The largest absolute Gasteiger partial charge is 0.277 e. The Morgan fingerprint density at radius 1 is 1.09 bits per heavy atom. The van der Waals surface area contributed by atoms with Gasteiger partial charge in [0.1, 0.15) is 6.33 Å². The predicted octanol–water partition coefficient (Wildman–Crippen LogP) is 5.17. The van der Waals surface area contributed by atoms with Gasteiger partial charge in [-0.1, -0.05) is 59.2 Å². The van der Waals surface area contributed by atoms with E-state index in [1.165, 1.54) is 0 Å². The number of rotatable bonds is 4. The molecule has 0 amide bonds. The topological polar surface area (TPSA) is 30.7 Å². The van der Waals surface area contributed by atoms with Crippen LogP contribution in [0, 0.1) is 6.92 Å². The molecule has 0 aliphatic heterocycles. The third-order valence-electron chi connectivity index (χ3n) is 3.26. The zero-order chi connectivity index (χ0) is 15.5. The van der Waals surface area contributed by atoms with E-state index in [1.54, 1.807) is 18.1 Å². The molecule has 1 heterocycles. The molecule has 0 bridgehead atoms. The van der Waals surface area contributed by atoms with Gasteiger partial charge >= 0.3 is 0 Å². The highest BCUT2D eigenvalue weighted by Gasteiger charge is 2.09. The molecule has 0 aliphatic rings. The highest BCUT2D eigenvalue weighted by Crippen LogP contribution is 2.28. The van der Waals surface area contributed by atoms with Gasteiger partial charge in [0.15, 0.2) is 5.16 Å². The Balaban J connectivity index is 1.83. The van der Waals surface area contributed by atoms with E-state index in [2.05, 4.69) is 10.2 Å². The van der Waals surface area contributed by atoms with Crippen molar-refractivity contribution >= 4 is 35.0 Å². The molecule has 0 radical (unpaired) electrons. The number of hydrogen-bond donors (Lipinski definition) is 0. The van der Waals surface area contributed by atoms with Crippen molar-refractivity contribution in [1.29, 1.82) is 0 Å². The van der Waals surface area contributed by atoms with Gasteiger partial charge in [-0.25, -0.2) is 0 Å². The molecule has 6 heteroatoms. The fourth-order valence-electron chi connectivity index (χ4n) is 1.99. The summed E-state index contributed by atoms with van der Waals surface area (Å²) in [5.74, 6) is 0.734. The van der Waals surface area contributed by atoms with Crippen molar-refractivity contribution in [3.63, 3.8) is 0 Å². The van der Waals surface area contributed by atoms with Crippen molar-refractivity contribution < 1.29 is 0 Å². The van der Waals surface area contributed by atoms with Crippen LogP contribution in [0.2, 0.25) is 10.0 Å². The molecule has 1 aromatic heterocycles. The Kier molecular flexibility index (Phi) is 4.71. The molecule has 112 valence electrons. The molecule has 3 aromatic rings. The summed E-state index contributed by atoms with van der Waals surface area (Å²) in [6.45, 7) is 1.98. The van der Waals surface area contributed by atoms with E-state index >= 15 is 0 Å². The predicted molar refractivity (Wildman–Crippen MR) is 92.1 cm³/mol. The van der Waals surface area contributed by atoms with Crippen molar-refractivity contribution in [2.45, 2.75) is 17.8 Å². The van der Waals surface area contributed by atoms with E-state index in [0.717, 1.165) is 37.8 Å². The van der Waals surface area contributed by atoms with E-state index in [0.29, 0.717) is 0 Å². The van der Waals surface area contributed by atoms with Crippen molar-refractivity contribution in [2.24, 2.45) is 0 Å². The molecule has 0 aliphatic carbocycles. The molecule has 0 saturated carbocycles. The van der Waals surface area contributed by atoms with Crippen LogP contribution in [0.4, 0.5) is 0 Å². The summed E-state index contributed by atoms with van der Waals surface area (Å²) >= 11 is 14.0. The summed E-state index contributed by atoms with van der Waals surface area (Å²) in [5, 5.41) is 10.5. The van der Waals surface area contributed by atoms with Gasteiger partial charge in [-0.15, -0.1) is 10.2 Å². The maximum absolute atomic E-state index is 6.20. The monoisotopic (exact) mass is 349 g/mol. The summed E-state index contributed by atoms with van der Waals surface area (Å²) in [6, 6.07) is 13.7. The molecular formula is C16H13Cl2N3S. The maximum Gasteiger partial charge on any atom is 0.195 e. The minimum Gasteiger partial charge on any atom is -0.277 e. The second-order valence-electron chi connectivity index (χ2n) is 4.80. The Hall–Kier alpha value is -1.49. The number of thioether (sulfide) groups is 1. The van der Waals surface area contributed by atoms with Crippen molar-refractivity contribution in [1.82, 2.24) is 14.8 Å². The third kappa shape index (κ3) is 3.29. The summed E-state index contributed by atoms with van der Waals surface area (Å²) in [5.41, 5.74) is 3.07. The van der Waals surface area contributed by atoms with E-state index in [4.69, 9.17) is 23.2 Å². The molecule has 2 aromatic carbocycles. The number of aromatic nitrogens is 3. The summed E-state index contributed by atoms with van der Waals surface area (Å²) in [6.07, 6.45) is 1.69. The van der Waals surface area contributed by atoms with Crippen LogP contribution in [0.15, 0.2) is 53.9 Å². The maximum atomic E-state index is 6.20. The van der Waals surface area contributed by atoms with Crippen LogP contribution >= 0.6 is 35.0 Å². The quantitative estimate of drug-likeness (QED) is 0.608. The van der Waals surface area contributed by atoms with Gasteiger partial charge in [0, 0.05) is 15.8 Å². The Labute approximate surface area is 143 Å². The summed E-state index contributed by atoms with van der Waals surface area (Å²) in [7, 11) is 0. The number of benzene rings is 2. The van der Waals surface area contributed by atoms with E-state index in [1.807, 2.05) is 54.0 Å². The lowest BCUT2D eigenvalue weighted by molar-refractivity contribution is 0.883. The standard InChI is InChI=1S/C16H13Cl2N3S/c1-11-6-7-13(8-15(11)18)21-10-19-20-16(21)22-9-12-4-2-3-5-14(12)17/h2-8,10H,9H2,1H3. The average molecular weight is 350 g/mol. The molecule has 0 spiro atoms. The van der Waals surface area contributed by atoms with Gasteiger partial charge in [-0.05, 0) is 36.2 Å². The van der Waals surface area contributed by atoms with E-state index in [-0.39, 0.29) is 0 Å². The van der Waals surface area contributed by atoms with Crippen LogP contribution in [0.25, 0.3) is 5.69 Å². The van der Waals surface area contributed by atoms with Gasteiger partial charge in [-0.2, -0.15) is 0 Å². The van der Waals surface area contributed by atoms with E-state index in [9.17, 15) is 0 Å². The molecule has 0 fully saturated rings. The van der Waals surface area contributed by atoms with Gasteiger partial charge in [0.05, 0.1) is 5.69 Å². The van der Waals surface area contributed by atoms with Gasteiger partial charge < -0.3 is 0 Å². The lowest BCUT2D eigenvalue weighted by Crippen LogP contribution is -1.96. The molecule has 0 saturated heterocycles. The zero-order valence-corrected chi connectivity index (χ0v) is 14.2. The first-order valence-corrected chi connectivity index (χ1v) is 8.42. The number of aryl methyl sites for hydroxylation is 1. The van der Waals surface area contributed by atoms with Crippen molar-refractivity contribution in [3.8, 4) is 5.69 Å². The van der Waals surface area contributed by atoms with Crippen molar-refractivity contribution in [2.75, 3.05) is 0 Å². The summed E-state index contributed by atoms with van der Waals surface area (Å²) < 4.78 is 1.92. The third-order valence-corrected chi connectivity index (χ3v) is 5.03. The second-order valence-corrected chi connectivity index (χ2v) is 6.55. The highest BCUT2D eigenvalue weighted by molar-refractivity contribution is 7.98. The van der Waals surface area contributed by atoms with Crippen LogP contribution in [0.5, 0.6) is 0 Å². The molecule has 0 atom stereocenters. The van der Waals surface area contributed by atoms with Gasteiger partial charge in [0.25, 0.3) is 0 Å². The summed E-state index contributed by atoms with van der Waals surface area (Å²) in [4.78, 5) is 0. The first-order chi connectivity index (χ1) is 10.6. The second kappa shape index (κ2) is 6.73. The molecular weight excluding hydrogens is 337 g/mol. The first kappa shape index (κ1) is 15.4. The Bertz CT molecular complexity index is 802. The smallest absolute Gasteiger partial charge is 0.195 e. The van der Waals surface area contributed by atoms with Crippen LogP contribution in [-0.4, -0.2) is 14.8 Å². The molecule has 0 unspecified atom stereocenters. The molecule has 3 rings (SSSR count). The Morgan fingerprint density at radius 3 is 2.68 bits per heavy atom. The van der Waals surface area contributed by atoms with E-state index < -0.39 is 0 Å². The zero-order valence-electron chi connectivity index (χ0n) is 11.8. The highest BCUT2D eigenvalue weighted by atomic mass is 35.5. The van der Waals surface area contributed by atoms with Crippen molar-refractivity contribution in [3.05, 3.63) is 70.0 Å². The van der Waals surface area contributed by atoms with Crippen LogP contribution < -0.4 is 0 Å². The van der Waals surface area contributed by atoms with Crippen LogP contribution in [-0.2, 0) is 5.75 Å². The lowest BCUT2D eigenvalue weighted by atomic mass is 10.2. The number of hydrogen-bond acceptors (Lipinski definition) is 3. The molecule has 3 nitrogen and oxygen atoms in total. The van der Waals surface area contributed by atoms with Crippen LogP contribution in [0.3, 0.4) is 0 Å². The number of halogens is 2. The molecule has 0 N–H and O–H groups in total. The fourth-order valence-corrected chi connectivity index (χ4v) is 3.38. The SMILES string of the molecule is Cc1ccc(-n2cnnc2SCc2ccccc2Cl)cc1Cl. The van der Waals surface area contributed by atoms with Gasteiger partial charge in [-0.3, -0.25) is 4.57 Å². The normalized spacial score (nSPS) is 10.9. The lowest BCUT2D eigenvalue weighted by Gasteiger charge is -2.08. The first-order valence-electron chi connectivity index (χ1n) is 6.68. The fraction of sp³-hybridized carbons (Fsp3) is 0.125. The van der Waals surface area contributed by atoms with Crippen LogP contribution in [0.1, 0.15) is 11.1 Å².